The summed E-state index contributed by atoms with van der Waals surface area (Å²) in [6.07, 6.45) is 1.13. The number of hydrogen-bond donors (Lipinski definition) is 0. The Hall–Kier alpha value is -1.33. The van der Waals surface area contributed by atoms with Crippen molar-refractivity contribution in [3.05, 3.63) is 35.9 Å². The zero-order valence-corrected chi connectivity index (χ0v) is 15.1. The second kappa shape index (κ2) is 7.70. The first kappa shape index (κ1) is 17.5. The van der Waals surface area contributed by atoms with E-state index in [-0.39, 0.29) is 23.0 Å². The number of carbonyl (C=O) groups excluding carboxylic acids is 2. The lowest BCUT2D eigenvalue weighted by molar-refractivity contribution is -0.148. The number of nitrogens with zero attached hydrogens (tertiary/aromatic N) is 1. The van der Waals surface area contributed by atoms with Gasteiger partial charge in [-0.05, 0) is 24.3 Å². The van der Waals surface area contributed by atoms with E-state index in [9.17, 15) is 9.59 Å². The second-order valence-corrected chi connectivity index (χ2v) is 8.22. The van der Waals surface area contributed by atoms with Crippen LogP contribution in [0, 0.1) is 5.92 Å². The van der Waals surface area contributed by atoms with Crippen molar-refractivity contribution in [3.63, 3.8) is 0 Å². The SMILES string of the molecule is CC(C)C[C@H](OCc1ccccc1)C(=O)N1CCC2SCC(=O)C21. The van der Waals surface area contributed by atoms with Gasteiger partial charge in [0.05, 0.1) is 12.4 Å². The molecule has 1 aromatic carbocycles. The molecule has 0 bridgehead atoms. The summed E-state index contributed by atoms with van der Waals surface area (Å²) in [5, 5.41) is 0.287. The van der Waals surface area contributed by atoms with Gasteiger partial charge >= 0.3 is 0 Å². The van der Waals surface area contributed by atoms with Crippen molar-refractivity contribution in [1.82, 2.24) is 4.90 Å². The third kappa shape index (κ3) is 3.83. The summed E-state index contributed by atoms with van der Waals surface area (Å²) < 4.78 is 5.99. The molecule has 5 heteroatoms. The molecule has 24 heavy (non-hydrogen) atoms. The number of hydrogen-bond acceptors (Lipinski definition) is 4. The largest absolute Gasteiger partial charge is 0.364 e. The molecule has 2 fully saturated rings. The highest BCUT2D eigenvalue weighted by Gasteiger charge is 2.47. The van der Waals surface area contributed by atoms with E-state index in [0.29, 0.717) is 31.2 Å². The lowest BCUT2D eigenvalue weighted by Gasteiger charge is -2.28. The maximum Gasteiger partial charge on any atom is 0.252 e. The molecule has 3 atom stereocenters. The van der Waals surface area contributed by atoms with Gasteiger partial charge in [0, 0.05) is 11.8 Å². The van der Waals surface area contributed by atoms with Crippen molar-refractivity contribution in [2.75, 3.05) is 12.3 Å². The van der Waals surface area contributed by atoms with Gasteiger partial charge in [-0.2, -0.15) is 0 Å². The number of likely N-dealkylation sites (tertiary alicyclic amines) is 1. The van der Waals surface area contributed by atoms with E-state index in [1.165, 1.54) is 0 Å². The molecule has 0 aliphatic carbocycles. The first-order chi connectivity index (χ1) is 11.6. The molecule has 2 heterocycles. The number of amides is 1. The van der Waals surface area contributed by atoms with Crippen LogP contribution in [0.1, 0.15) is 32.3 Å². The average Bonchev–Trinajstić information content (AvgIpc) is 3.15. The molecule has 0 N–H and O–H groups in total. The third-order valence-corrected chi connectivity index (χ3v) is 6.02. The average molecular weight is 347 g/mol. The standard InChI is InChI=1S/C19H25NO3S/c1-13(2)10-16(23-11-14-6-4-3-5-7-14)19(22)20-9-8-17-18(20)15(21)12-24-17/h3-7,13,16-18H,8-12H2,1-2H3/t16-,17?,18?/m0/s1. The summed E-state index contributed by atoms with van der Waals surface area (Å²) in [5.41, 5.74) is 1.06. The van der Waals surface area contributed by atoms with Crippen LogP contribution in [0.5, 0.6) is 0 Å². The first-order valence-corrected chi connectivity index (χ1v) is 9.71. The Kier molecular flexibility index (Phi) is 5.61. The molecular formula is C19H25NO3S. The van der Waals surface area contributed by atoms with E-state index < -0.39 is 6.10 Å². The number of Topliss-reactive ketones (excluding diaryl/α,β-unsaturated/α-hetero) is 1. The second-order valence-electron chi connectivity index (χ2n) is 7.00. The summed E-state index contributed by atoms with van der Waals surface area (Å²) in [6.45, 7) is 5.29. The van der Waals surface area contributed by atoms with Crippen LogP contribution >= 0.6 is 11.8 Å². The smallest absolute Gasteiger partial charge is 0.252 e. The van der Waals surface area contributed by atoms with Crippen LogP contribution in [-0.4, -0.2) is 46.3 Å². The molecule has 0 saturated carbocycles. The molecule has 2 saturated heterocycles. The van der Waals surface area contributed by atoms with Gasteiger partial charge < -0.3 is 9.64 Å². The van der Waals surface area contributed by atoms with Gasteiger partial charge in [0.1, 0.15) is 12.1 Å². The number of benzene rings is 1. The van der Waals surface area contributed by atoms with Gasteiger partial charge in [-0.25, -0.2) is 0 Å². The fourth-order valence-corrected chi connectivity index (χ4v) is 4.77. The van der Waals surface area contributed by atoms with Crippen LogP contribution < -0.4 is 0 Å². The molecule has 2 aliphatic rings. The summed E-state index contributed by atoms with van der Waals surface area (Å²) in [6, 6.07) is 9.68. The molecule has 1 amide bonds. The number of ether oxygens (including phenoxy) is 1. The topological polar surface area (TPSA) is 46.6 Å². The van der Waals surface area contributed by atoms with E-state index >= 15 is 0 Å². The maximum atomic E-state index is 13.0. The van der Waals surface area contributed by atoms with Crippen LogP contribution in [0.4, 0.5) is 0 Å². The third-order valence-electron chi connectivity index (χ3n) is 4.65. The highest BCUT2D eigenvalue weighted by molar-refractivity contribution is 8.01. The summed E-state index contributed by atoms with van der Waals surface area (Å²) in [4.78, 5) is 27.0. The molecule has 130 valence electrons. The molecule has 2 unspecified atom stereocenters. The zero-order valence-electron chi connectivity index (χ0n) is 14.3. The van der Waals surface area contributed by atoms with Crippen LogP contribution in [0.3, 0.4) is 0 Å². The van der Waals surface area contributed by atoms with E-state index in [1.807, 2.05) is 30.3 Å². The predicted octanol–water partition coefficient (Wildman–Crippen LogP) is 2.90. The van der Waals surface area contributed by atoms with Crippen LogP contribution in [0.25, 0.3) is 0 Å². The predicted molar refractivity (Wildman–Crippen MR) is 95.8 cm³/mol. The Morgan fingerprint density at radius 1 is 1.33 bits per heavy atom. The van der Waals surface area contributed by atoms with Crippen LogP contribution in [0.2, 0.25) is 0 Å². The first-order valence-electron chi connectivity index (χ1n) is 8.66. The van der Waals surface area contributed by atoms with Gasteiger partial charge in [-0.15, -0.1) is 11.8 Å². The maximum absolute atomic E-state index is 13.0. The van der Waals surface area contributed by atoms with Gasteiger partial charge in [0.2, 0.25) is 0 Å². The quantitative estimate of drug-likeness (QED) is 0.794. The molecule has 2 aliphatic heterocycles. The normalized spacial score (nSPS) is 24.5. The van der Waals surface area contributed by atoms with Crippen molar-refractivity contribution >= 4 is 23.5 Å². The van der Waals surface area contributed by atoms with E-state index in [4.69, 9.17) is 4.74 Å². The van der Waals surface area contributed by atoms with Gasteiger partial charge in [-0.3, -0.25) is 9.59 Å². The van der Waals surface area contributed by atoms with E-state index in [0.717, 1.165) is 12.0 Å². The number of carbonyl (C=O) groups is 2. The molecule has 0 radical (unpaired) electrons. The lowest BCUT2D eigenvalue weighted by Crippen LogP contribution is -2.47. The molecule has 3 rings (SSSR count). The fourth-order valence-electron chi connectivity index (χ4n) is 3.47. The Morgan fingerprint density at radius 2 is 2.08 bits per heavy atom. The van der Waals surface area contributed by atoms with Gasteiger partial charge in [0.25, 0.3) is 5.91 Å². The van der Waals surface area contributed by atoms with Crippen molar-refractivity contribution in [1.29, 1.82) is 0 Å². The van der Waals surface area contributed by atoms with Crippen molar-refractivity contribution in [2.45, 2.75) is 50.7 Å². The van der Waals surface area contributed by atoms with Gasteiger partial charge in [0.15, 0.2) is 5.78 Å². The van der Waals surface area contributed by atoms with E-state index in [2.05, 4.69) is 13.8 Å². The molecule has 0 spiro atoms. The Balaban J connectivity index is 1.68. The minimum absolute atomic E-state index is 0.0111. The van der Waals surface area contributed by atoms with Crippen molar-refractivity contribution < 1.29 is 14.3 Å². The number of rotatable bonds is 6. The fraction of sp³-hybridized carbons (Fsp3) is 0.579. The van der Waals surface area contributed by atoms with Crippen molar-refractivity contribution in [2.24, 2.45) is 5.92 Å². The highest BCUT2D eigenvalue weighted by atomic mass is 32.2. The molecular weight excluding hydrogens is 322 g/mol. The summed E-state index contributed by atoms with van der Waals surface area (Å²) >= 11 is 1.69. The van der Waals surface area contributed by atoms with Crippen LogP contribution in [-0.2, 0) is 20.9 Å². The zero-order chi connectivity index (χ0) is 17.1. The van der Waals surface area contributed by atoms with E-state index in [1.54, 1.807) is 16.7 Å². The number of fused-ring (bicyclic) bond motifs is 1. The molecule has 1 aromatic rings. The number of ketones is 1. The Morgan fingerprint density at radius 3 is 2.79 bits per heavy atom. The Bertz CT molecular complexity index is 590. The highest BCUT2D eigenvalue weighted by Crippen LogP contribution is 2.36. The minimum Gasteiger partial charge on any atom is -0.364 e. The number of thioether (sulfide) groups is 1. The summed E-state index contributed by atoms with van der Waals surface area (Å²) in [5.74, 6) is 1.09. The van der Waals surface area contributed by atoms with Crippen molar-refractivity contribution in [3.8, 4) is 0 Å². The summed E-state index contributed by atoms with van der Waals surface area (Å²) in [7, 11) is 0. The minimum atomic E-state index is -0.470. The lowest BCUT2D eigenvalue weighted by atomic mass is 10.0. The van der Waals surface area contributed by atoms with Crippen LogP contribution in [0.15, 0.2) is 30.3 Å². The van der Waals surface area contributed by atoms with Gasteiger partial charge in [-0.1, -0.05) is 44.2 Å². The Labute approximate surface area is 147 Å². The molecule has 4 nitrogen and oxygen atoms in total. The molecule has 0 aromatic heterocycles. The monoisotopic (exact) mass is 347 g/mol.